The highest BCUT2D eigenvalue weighted by molar-refractivity contribution is 8.02. The van der Waals surface area contributed by atoms with E-state index in [1.54, 1.807) is 12.5 Å². The van der Waals surface area contributed by atoms with Crippen molar-refractivity contribution >= 4 is 17.7 Å². The van der Waals surface area contributed by atoms with Gasteiger partial charge in [-0.05, 0) is 23.6 Å². The molecular weight excluding hydrogens is 212 g/mol. The van der Waals surface area contributed by atoms with Crippen molar-refractivity contribution in [2.75, 3.05) is 14.2 Å². The molecule has 0 unspecified atom stereocenters. The predicted molar refractivity (Wildman–Crippen MR) is 60.0 cm³/mol. The summed E-state index contributed by atoms with van der Waals surface area (Å²) in [5.41, 5.74) is 0. The molecule has 0 radical (unpaired) electrons. The first kappa shape index (κ1) is 11.7. The summed E-state index contributed by atoms with van der Waals surface area (Å²) < 4.78 is 9.54. The summed E-state index contributed by atoms with van der Waals surface area (Å²) in [5, 5.41) is 1.68. The minimum absolute atomic E-state index is 0.356. The lowest BCUT2D eigenvalue weighted by molar-refractivity contribution is -0.134. The molecule has 0 aromatic heterocycles. The van der Waals surface area contributed by atoms with E-state index in [4.69, 9.17) is 4.74 Å². The largest absolute Gasteiger partial charge is 0.497 e. The number of carbonyl (C=O) groups is 1. The quantitative estimate of drug-likeness (QED) is 0.447. The van der Waals surface area contributed by atoms with Gasteiger partial charge in [0.05, 0.1) is 14.2 Å². The highest BCUT2D eigenvalue weighted by atomic mass is 32.2. The number of benzene rings is 1. The standard InChI is InChI=1S/C11H12O3S/c1-13-9-4-3-5-10(8-9)15-7-6-11(12)14-2/h3-8H,1-2H3. The van der Waals surface area contributed by atoms with E-state index in [0.29, 0.717) is 0 Å². The van der Waals surface area contributed by atoms with E-state index in [1.165, 1.54) is 24.9 Å². The van der Waals surface area contributed by atoms with Gasteiger partial charge in [0.15, 0.2) is 0 Å². The molecule has 3 nitrogen and oxygen atoms in total. The Morgan fingerprint density at radius 2 is 2.20 bits per heavy atom. The number of carbonyl (C=O) groups excluding carboxylic acids is 1. The molecule has 0 aliphatic rings. The minimum atomic E-state index is -0.356. The fourth-order valence-electron chi connectivity index (χ4n) is 0.911. The van der Waals surface area contributed by atoms with Crippen LogP contribution in [-0.4, -0.2) is 20.2 Å². The first-order valence-electron chi connectivity index (χ1n) is 4.31. The minimum Gasteiger partial charge on any atom is -0.497 e. The van der Waals surface area contributed by atoms with Gasteiger partial charge >= 0.3 is 5.97 Å². The Labute approximate surface area is 93.1 Å². The molecule has 0 saturated carbocycles. The van der Waals surface area contributed by atoms with E-state index in [9.17, 15) is 4.79 Å². The van der Waals surface area contributed by atoms with Gasteiger partial charge in [-0.25, -0.2) is 4.79 Å². The van der Waals surface area contributed by atoms with Gasteiger partial charge in [-0.3, -0.25) is 0 Å². The molecule has 0 N–H and O–H groups in total. The van der Waals surface area contributed by atoms with Gasteiger partial charge in [0.2, 0.25) is 0 Å². The third-order valence-corrected chi connectivity index (χ3v) is 2.45. The molecule has 1 aromatic rings. The average Bonchev–Trinajstić information content (AvgIpc) is 2.29. The van der Waals surface area contributed by atoms with E-state index in [-0.39, 0.29) is 5.97 Å². The Hall–Kier alpha value is -1.42. The molecule has 0 amide bonds. The summed E-state index contributed by atoms with van der Waals surface area (Å²) >= 11 is 1.43. The molecule has 4 heteroatoms. The highest BCUT2D eigenvalue weighted by Crippen LogP contribution is 2.23. The van der Waals surface area contributed by atoms with Crippen molar-refractivity contribution in [3.05, 3.63) is 35.7 Å². The second kappa shape index (κ2) is 6.14. The molecule has 0 atom stereocenters. The van der Waals surface area contributed by atoms with Gasteiger partial charge in [0, 0.05) is 11.0 Å². The van der Waals surface area contributed by atoms with Crippen molar-refractivity contribution < 1.29 is 14.3 Å². The molecule has 0 aliphatic carbocycles. The normalized spacial score (nSPS) is 10.3. The fraction of sp³-hybridized carbons (Fsp3) is 0.182. The maximum Gasteiger partial charge on any atom is 0.330 e. The summed E-state index contributed by atoms with van der Waals surface area (Å²) in [6, 6.07) is 7.60. The third kappa shape index (κ3) is 4.08. The van der Waals surface area contributed by atoms with Crippen LogP contribution in [0, 0.1) is 0 Å². The van der Waals surface area contributed by atoms with Crippen LogP contribution in [0.25, 0.3) is 0 Å². The molecule has 0 aliphatic heterocycles. The number of hydrogen-bond donors (Lipinski definition) is 0. The summed E-state index contributed by atoms with van der Waals surface area (Å²) in [5.74, 6) is 0.442. The molecule has 0 saturated heterocycles. The van der Waals surface area contributed by atoms with Crippen LogP contribution in [0.3, 0.4) is 0 Å². The van der Waals surface area contributed by atoms with E-state index >= 15 is 0 Å². The van der Waals surface area contributed by atoms with Crippen LogP contribution in [0.15, 0.2) is 40.6 Å². The molecule has 1 aromatic carbocycles. The highest BCUT2D eigenvalue weighted by Gasteiger charge is 1.95. The fourth-order valence-corrected chi connectivity index (χ4v) is 1.59. The van der Waals surface area contributed by atoms with Crippen molar-refractivity contribution in [2.45, 2.75) is 4.90 Å². The molecular formula is C11H12O3S. The summed E-state index contributed by atoms with van der Waals surface area (Å²) in [4.78, 5) is 11.8. The topological polar surface area (TPSA) is 35.5 Å². The second-order valence-electron chi connectivity index (χ2n) is 2.62. The zero-order chi connectivity index (χ0) is 11.1. The van der Waals surface area contributed by atoms with E-state index in [0.717, 1.165) is 10.6 Å². The monoisotopic (exact) mass is 224 g/mol. The van der Waals surface area contributed by atoms with E-state index < -0.39 is 0 Å². The Morgan fingerprint density at radius 1 is 1.40 bits per heavy atom. The van der Waals surface area contributed by atoms with Crippen LogP contribution in [-0.2, 0) is 9.53 Å². The van der Waals surface area contributed by atoms with Crippen LogP contribution in [0.4, 0.5) is 0 Å². The van der Waals surface area contributed by atoms with Crippen LogP contribution >= 0.6 is 11.8 Å². The van der Waals surface area contributed by atoms with Crippen LogP contribution < -0.4 is 4.74 Å². The zero-order valence-corrected chi connectivity index (χ0v) is 9.41. The van der Waals surface area contributed by atoms with Crippen molar-refractivity contribution in [3.63, 3.8) is 0 Å². The third-order valence-electron chi connectivity index (χ3n) is 1.65. The van der Waals surface area contributed by atoms with Crippen molar-refractivity contribution in [1.82, 2.24) is 0 Å². The number of esters is 1. The van der Waals surface area contributed by atoms with Gasteiger partial charge in [0.25, 0.3) is 0 Å². The lowest BCUT2D eigenvalue weighted by Crippen LogP contribution is -1.92. The lowest BCUT2D eigenvalue weighted by atomic mass is 10.3. The molecule has 80 valence electrons. The Balaban J connectivity index is 2.57. The maximum atomic E-state index is 10.8. The van der Waals surface area contributed by atoms with Crippen LogP contribution in [0.5, 0.6) is 5.75 Å². The van der Waals surface area contributed by atoms with Gasteiger partial charge in [-0.2, -0.15) is 0 Å². The van der Waals surface area contributed by atoms with E-state index in [1.807, 2.05) is 24.3 Å². The molecule has 15 heavy (non-hydrogen) atoms. The lowest BCUT2D eigenvalue weighted by Gasteiger charge is -2.00. The van der Waals surface area contributed by atoms with E-state index in [2.05, 4.69) is 4.74 Å². The van der Waals surface area contributed by atoms with Gasteiger partial charge < -0.3 is 9.47 Å². The van der Waals surface area contributed by atoms with Crippen LogP contribution in [0.1, 0.15) is 0 Å². The predicted octanol–water partition coefficient (Wildman–Crippen LogP) is 2.47. The number of methoxy groups -OCH3 is 2. The molecule has 0 fully saturated rings. The van der Waals surface area contributed by atoms with Crippen molar-refractivity contribution in [3.8, 4) is 5.75 Å². The number of ether oxygens (including phenoxy) is 2. The summed E-state index contributed by atoms with van der Waals surface area (Å²) in [6.45, 7) is 0. The smallest absolute Gasteiger partial charge is 0.330 e. The Kier molecular flexibility index (Phi) is 4.77. The van der Waals surface area contributed by atoms with Crippen molar-refractivity contribution in [1.29, 1.82) is 0 Å². The second-order valence-corrected chi connectivity index (χ2v) is 3.60. The summed E-state index contributed by atoms with van der Waals surface area (Å²) in [7, 11) is 2.97. The number of rotatable bonds is 4. The van der Waals surface area contributed by atoms with Crippen molar-refractivity contribution in [2.24, 2.45) is 0 Å². The number of thioether (sulfide) groups is 1. The summed E-state index contributed by atoms with van der Waals surface area (Å²) in [6.07, 6.45) is 1.38. The maximum absolute atomic E-state index is 10.8. The molecule has 0 heterocycles. The first-order valence-corrected chi connectivity index (χ1v) is 5.19. The van der Waals surface area contributed by atoms with Gasteiger partial charge in [-0.15, -0.1) is 0 Å². The average molecular weight is 224 g/mol. The Morgan fingerprint density at radius 3 is 2.87 bits per heavy atom. The van der Waals surface area contributed by atoms with Crippen LogP contribution in [0.2, 0.25) is 0 Å². The van der Waals surface area contributed by atoms with Gasteiger partial charge in [-0.1, -0.05) is 17.8 Å². The molecule has 0 bridgehead atoms. The first-order chi connectivity index (χ1) is 7.26. The molecule has 0 spiro atoms. The SMILES string of the molecule is COC(=O)C=CSc1cccc(OC)c1. The molecule has 1 rings (SSSR count). The van der Waals surface area contributed by atoms with Gasteiger partial charge in [0.1, 0.15) is 5.75 Å². The zero-order valence-electron chi connectivity index (χ0n) is 8.60. The number of hydrogen-bond acceptors (Lipinski definition) is 4. The Bertz CT molecular complexity index is 361.